The Hall–Kier alpha value is -4.07. The maximum Gasteiger partial charge on any atom is 0.270 e. The Morgan fingerprint density at radius 1 is 1.07 bits per heavy atom. The van der Waals surface area contributed by atoms with Gasteiger partial charge >= 0.3 is 0 Å². The molecule has 8 nitrogen and oxygen atoms in total. The predicted molar refractivity (Wildman–Crippen MR) is 177 cm³/mol. The summed E-state index contributed by atoms with van der Waals surface area (Å²) in [6.07, 6.45) is 5.59. The van der Waals surface area contributed by atoms with Crippen molar-refractivity contribution in [3.8, 4) is 17.6 Å². The van der Waals surface area contributed by atoms with Gasteiger partial charge in [-0.1, -0.05) is 67.3 Å². The van der Waals surface area contributed by atoms with Crippen LogP contribution in [0.2, 0.25) is 0 Å². The molecule has 0 unspecified atom stereocenters. The van der Waals surface area contributed by atoms with Crippen molar-refractivity contribution < 1.29 is 14.3 Å². The van der Waals surface area contributed by atoms with E-state index in [1.807, 2.05) is 37.3 Å². The van der Waals surface area contributed by atoms with Crippen molar-refractivity contribution in [2.45, 2.75) is 52.6 Å². The van der Waals surface area contributed by atoms with Gasteiger partial charge in [-0.15, -0.1) is 0 Å². The van der Waals surface area contributed by atoms with Crippen LogP contribution in [0.25, 0.3) is 6.08 Å². The second-order valence-corrected chi connectivity index (χ2v) is 13.1. The summed E-state index contributed by atoms with van der Waals surface area (Å²) in [6, 6.07) is 18.3. The summed E-state index contributed by atoms with van der Waals surface area (Å²) in [6.45, 7) is 6.38. The van der Waals surface area contributed by atoms with Gasteiger partial charge in [0.05, 0.1) is 11.4 Å². The number of hydrogen-bond donors (Lipinski definition) is 0. The molecule has 0 radical (unpaired) electrons. The van der Waals surface area contributed by atoms with E-state index >= 15 is 0 Å². The van der Waals surface area contributed by atoms with Gasteiger partial charge in [0, 0.05) is 25.2 Å². The van der Waals surface area contributed by atoms with Gasteiger partial charge in [0.25, 0.3) is 11.5 Å². The molecular weight excluding hydrogens is 593 g/mol. The Balaban J connectivity index is 1.32. The van der Waals surface area contributed by atoms with Gasteiger partial charge in [0.1, 0.15) is 21.8 Å². The molecular formula is C34H34N4O4S2. The highest BCUT2D eigenvalue weighted by Gasteiger charge is 2.34. The summed E-state index contributed by atoms with van der Waals surface area (Å²) in [5.41, 5.74) is 3.38. The normalized spacial score (nSPS) is 17.5. The molecule has 6 rings (SSSR count). The fourth-order valence-corrected chi connectivity index (χ4v) is 7.44. The lowest BCUT2D eigenvalue weighted by Gasteiger charge is -2.36. The van der Waals surface area contributed by atoms with E-state index in [0.29, 0.717) is 45.3 Å². The molecule has 0 spiro atoms. The van der Waals surface area contributed by atoms with Crippen LogP contribution in [-0.2, 0) is 24.3 Å². The van der Waals surface area contributed by atoms with Crippen molar-refractivity contribution in [1.82, 2.24) is 9.47 Å². The van der Waals surface area contributed by atoms with E-state index in [0.717, 1.165) is 55.7 Å². The van der Waals surface area contributed by atoms with E-state index in [2.05, 4.69) is 35.2 Å². The SMILES string of the molecule is CCCn1c(N2CCC(Cc3ccccc3)CC2)c(C=C2SC(=S)N(Cc3ccc4c(c3)OCO4)C2=O)c(C)c(C#N)c1=O. The van der Waals surface area contributed by atoms with Crippen molar-refractivity contribution in [2.24, 2.45) is 5.92 Å². The van der Waals surface area contributed by atoms with Crippen LogP contribution < -0.4 is 19.9 Å². The molecule has 2 aromatic carbocycles. The van der Waals surface area contributed by atoms with E-state index < -0.39 is 0 Å². The quantitative estimate of drug-likeness (QED) is 0.221. The molecule has 0 N–H and O–H groups in total. The lowest BCUT2D eigenvalue weighted by Crippen LogP contribution is -2.40. The topological polar surface area (TPSA) is 87.8 Å². The Labute approximate surface area is 266 Å². The second kappa shape index (κ2) is 12.9. The third-order valence-electron chi connectivity index (χ3n) is 8.50. The Kier molecular flexibility index (Phi) is 8.78. The van der Waals surface area contributed by atoms with E-state index in [1.54, 1.807) is 16.4 Å². The number of thiocarbonyl (C=S) groups is 1. The average molecular weight is 627 g/mol. The number of rotatable bonds is 8. The number of benzene rings is 2. The third kappa shape index (κ3) is 5.86. The number of pyridine rings is 1. The van der Waals surface area contributed by atoms with Gasteiger partial charge in [0.2, 0.25) is 6.79 Å². The molecule has 2 saturated heterocycles. The first-order valence-corrected chi connectivity index (χ1v) is 16.2. The molecule has 4 heterocycles. The molecule has 226 valence electrons. The van der Waals surface area contributed by atoms with Crippen LogP contribution in [0, 0.1) is 24.2 Å². The molecule has 10 heteroatoms. The minimum Gasteiger partial charge on any atom is -0.454 e. The molecule has 3 aliphatic rings. The van der Waals surface area contributed by atoms with Crippen LogP contribution in [0.4, 0.5) is 5.82 Å². The van der Waals surface area contributed by atoms with Crippen LogP contribution >= 0.6 is 24.0 Å². The number of nitriles is 1. The van der Waals surface area contributed by atoms with Gasteiger partial charge < -0.3 is 14.4 Å². The fraction of sp³-hybridized carbons (Fsp3) is 0.353. The van der Waals surface area contributed by atoms with Crippen molar-refractivity contribution in [1.29, 1.82) is 5.26 Å². The first-order chi connectivity index (χ1) is 21.4. The number of hydrogen-bond acceptors (Lipinski definition) is 8. The maximum atomic E-state index is 13.8. The molecule has 1 amide bonds. The van der Waals surface area contributed by atoms with Crippen molar-refractivity contribution >= 4 is 46.1 Å². The number of fused-ring (bicyclic) bond motifs is 1. The lowest BCUT2D eigenvalue weighted by atomic mass is 9.90. The van der Waals surface area contributed by atoms with Crippen molar-refractivity contribution in [3.63, 3.8) is 0 Å². The van der Waals surface area contributed by atoms with Gasteiger partial charge in [-0.3, -0.25) is 19.1 Å². The van der Waals surface area contributed by atoms with Crippen molar-refractivity contribution in [3.05, 3.63) is 91.6 Å². The summed E-state index contributed by atoms with van der Waals surface area (Å²) in [5.74, 6) is 2.47. The number of nitrogens with zero attached hydrogens (tertiary/aromatic N) is 4. The van der Waals surface area contributed by atoms with E-state index in [9.17, 15) is 14.9 Å². The number of thioether (sulfide) groups is 1. The number of ether oxygens (including phenoxy) is 2. The highest BCUT2D eigenvalue weighted by Crippen LogP contribution is 2.39. The number of carbonyl (C=O) groups is 1. The molecule has 3 aliphatic heterocycles. The minimum absolute atomic E-state index is 0.114. The van der Waals surface area contributed by atoms with Gasteiger partial charge in [-0.25, -0.2) is 0 Å². The average Bonchev–Trinajstić information content (AvgIpc) is 3.60. The van der Waals surface area contributed by atoms with Crippen LogP contribution in [-0.4, -0.2) is 39.6 Å². The Morgan fingerprint density at radius 2 is 1.82 bits per heavy atom. The Bertz CT molecular complexity index is 1740. The van der Waals surface area contributed by atoms with E-state index in [-0.39, 0.29) is 23.8 Å². The highest BCUT2D eigenvalue weighted by atomic mass is 32.2. The zero-order valence-electron chi connectivity index (χ0n) is 24.9. The van der Waals surface area contributed by atoms with E-state index in [1.165, 1.54) is 17.3 Å². The monoisotopic (exact) mass is 626 g/mol. The van der Waals surface area contributed by atoms with Crippen LogP contribution in [0.1, 0.15) is 54.0 Å². The van der Waals surface area contributed by atoms with Crippen LogP contribution in [0.5, 0.6) is 11.5 Å². The first kappa shape index (κ1) is 30.0. The molecule has 44 heavy (non-hydrogen) atoms. The fourth-order valence-electron chi connectivity index (χ4n) is 6.20. The predicted octanol–water partition coefficient (Wildman–Crippen LogP) is 6.03. The van der Waals surface area contributed by atoms with Crippen molar-refractivity contribution in [2.75, 3.05) is 24.8 Å². The zero-order valence-corrected chi connectivity index (χ0v) is 26.5. The van der Waals surface area contributed by atoms with Gasteiger partial charge in [-0.2, -0.15) is 5.26 Å². The molecule has 1 aromatic heterocycles. The maximum absolute atomic E-state index is 13.8. The molecule has 3 aromatic rings. The van der Waals surface area contributed by atoms with Crippen LogP contribution in [0.3, 0.4) is 0 Å². The molecule has 0 aliphatic carbocycles. The highest BCUT2D eigenvalue weighted by molar-refractivity contribution is 8.26. The second-order valence-electron chi connectivity index (χ2n) is 11.4. The van der Waals surface area contributed by atoms with Gasteiger partial charge in [0.15, 0.2) is 11.5 Å². The van der Waals surface area contributed by atoms with E-state index in [4.69, 9.17) is 21.7 Å². The summed E-state index contributed by atoms with van der Waals surface area (Å²) in [7, 11) is 0. The smallest absolute Gasteiger partial charge is 0.270 e. The third-order valence-corrected chi connectivity index (χ3v) is 9.88. The number of anilines is 1. The summed E-state index contributed by atoms with van der Waals surface area (Å²) >= 11 is 6.90. The summed E-state index contributed by atoms with van der Waals surface area (Å²) in [4.78, 5) is 31.7. The first-order valence-electron chi connectivity index (χ1n) is 15.0. The molecule has 0 atom stereocenters. The molecule has 0 saturated carbocycles. The van der Waals surface area contributed by atoms with Crippen LogP contribution in [0.15, 0.2) is 58.2 Å². The zero-order chi connectivity index (χ0) is 30.8. The largest absolute Gasteiger partial charge is 0.454 e. The summed E-state index contributed by atoms with van der Waals surface area (Å²) in [5, 5.41) is 10.0. The standard InChI is InChI=1S/C34H34N4O4S2/c1-3-13-37-31(36-14-11-24(12-15-36)16-23-7-5-4-6-8-23)26(22(2)27(19-35)32(37)39)18-30-33(40)38(34(43)44-30)20-25-9-10-28-29(17-25)42-21-41-28/h4-10,17-18,24H,3,11-16,20-21H2,1-2H3. The number of carbonyl (C=O) groups excluding carboxylic acids is 1. The molecule has 0 bridgehead atoms. The number of aromatic nitrogens is 1. The summed E-state index contributed by atoms with van der Waals surface area (Å²) < 4.78 is 13.1. The Morgan fingerprint density at radius 3 is 2.55 bits per heavy atom. The van der Waals surface area contributed by atoms with Gasteiger partial charge in [-0.05, 0) is 73.4 Å². The molecule has 2 fully saturated rings. The lowest BCUT2D eigenvalue weighted by molar-refractivity contribution is -0.122. The number of amides is 1. The minimum atomic E-state index is -0.277. The number of piperidine rings is 1.